The van der Waals surface area contributed by atoms with E-state index >= 15 is 0 Å². The SMILES string of the molecule is C[C@]12CC[C@H]3[C@@H](CCC4=CC(=NOCC(=O)NCC(=O)O)CC[C@@]43C)[C@@H]1CC[C@H]2O. The second kappa shape index (κ2) is 7.98. The highest BCUT2D eigenvalue weighted by Gasteiger charge is 2.58. The van der Waals surface area contributed by atoms with Crippen molar-refractivity contribution < 1.29 is 24.6 Å². The first-order valence-corrected chi connectivity index (χ1v) is 11.3. The number of carboxylic acid groups (broad SMARTS) is 1. The van der Waals surface area contributed by atoms with Gasteiger partial charge in [0.05, 0.1) is 11.8 Å². The van der Waals surface area contributed by atoms with E-state index in [-0.39, 0.29) is 23.5 Å². The van der Waals surface area contributed by atoms with E-state index in [1.807, 2.05) is 0 Å². The Morgan fingerprint density at radius 2 is 1.97 bits per heavy atom. The van der Waals surface area contributed by atoms with E-state index in [1.54, 1.807) is 0 Å². The van der Waals surface area contributed by atoms with Crippen molar-refractivity contribution in [2.24, 2.45) is 33.7 Å². The Balaban J connectivity index is 1.41. The minimum atomic E-state index is -1.09. The van der Waals surface area contributed by atoms with Gasteiger partial charge in [-0.2, -0.15) is 0 Å². The van der Waals surface area contributed by atoms with Gasteiger partial charge in [-0.25, -0.2) is 0 Å². The van der Waals surface area contributed by atoms with Gasteiger partial charge in [-0.3, -0.25) is 9.59 Å². The van der Waals surface area contributed by atoms with Crippen LogP contribution in [-0.2, 0) is 14.4 Å². The molecular formula is C23H34N2O5. The third-order valence-electron chi connectivity index (χ3n) is 8.74. The number of aliphatic hydroxyl groups excluding tert-OH is 1. The Bertz CT molecular complexity index is 778. The second-order valence-corrected chi connectivity index (χ2v) is 10.2. The van der Waals surface area contributed by atoms with E-state index in [9.17, 15) is 14.7 Å². The Morgan fingerprint density at radius 3 is 2.73 bits per heavy atom. The topological polar surface area (TPSA) is 108 Å². The van der Waals surface area contributed by atoms with Crippen molar-refractivity contribution in [1.29, 1.82) is 0 Å². The number of carbonyl (C=O) groups is 2. The van der Waals surface area contributed by atoms with Crippen molar-refractivity contribution in [1.82, 2.24) is 5.32 Å². The van der Waals surface area contributed by atoms with Crippen LogP contribution in [0.1, 0.15) is 65.2 Å². The number of nitrogens with one attached hydrogen (secondary N) is 1. The molecule has 4 aliphatic carbocycles. The van der Waals surface area contributed by atoms with Crippen LogP contribution in [0.5, 0.6) is 0 Å². The number of aliphatic carboxylic acids is 1. The summed E-state index contributed by atoms with van der Waals surface area (Å²) in [6.07, 6.45) is 10.6. The highest BCUT2D eigenvalue weighted by Crippen LogP contribution is 2.65. The quantitative estimate of drug-likeness (QED) is 0.595. The number of fused-ring (bicyclic) bond motifs is 5. The summed E-state index contributed by atoms with van der Waals surface area (Å²) in [4.78, 5) is 27.2. The lowest BCUT2D eigenvalue weighted by atomic mass is 9.47. The second-order valence-electron chi connectivity index (χ2n) is 10.2. The Hall–Kier alpha value is -1.89. The molecule has 0 saturated heterocycles. The molecular weight excluding hydrogens is 384 g/mol. The summed E-state index contributed by atoms with van der Waals surface area (Å²) in [5, 5.41) is 25.6. The van der Waals surface area contributed by atoms with Gasteiger partial charge in [-0.15, -0.1) is 0 Å². The number of allylic oxidation sites excluding steroid dienone is 2. The highest BCUT2D eigenvalue weighted by atomic mass is 16.6. The van der Waals surface area contributed by atoms with E-state index in [0.29, 0.717) is 17.8 Å². The van der Waals surface area contributed by atoms with Crippen LogP contribution in [0.2, 0.25) is 0 Å². The maximum absolute atomic E-state index is 11.6. The number of oxime groups is 1. The minimum absolute atomic E-state index is 0.106. The predicted octanol–water partition coefficient (Wildman–Crippen LogP) is 2.88. The van der Waals surface area contributed by atoms with Gasteiger partial charge in [0.15, 0.2) is 6.61 Å². The Morgan fingerprint density at radius 1 is 1.17 bits per heavy atom. The maximum Gasteiger partial charge on any atom is 0.322 e. The van der Waals surface area contributed by atoms with Crippen LogP contribution < -0.4 is 5.32 Å². The molecule has 0 spiro atoms. The molecule has 0 aromatic rings. The van der Waals surface area contributed by atoms with Crippen molar-refractivity contribution >= 4 is 17.6 Å². The molecule has 0 aromatic carbocycles. The average molecular weight is 419 g/mol. The maximum atomic E-state index is 11.6. The molecule has 0 unspecified atom stereocenters. The normalized spacial score (nSPS) is 41.3. The van der Waals surface area contributed by atoms with Gasteiger partial charge in [0, 0.05) is 0 Å². The van der Waals surface area contributed by atoms with Crippen molar-refractivity contribution in [3.8, 4) is 0 Å². The van der Waals surface area contributed by atoms with Crippen LogP contribution in [0.3, 0.4) is 0 Å². The van der Waals surface area contributed by atoms with Gasteiger partial charge in [-0.05, 0) is 86.0 Å². The molecule has 7 nitrogen and oxygen atoms in total. The molecule has 30 heavy (non-hydrogen) atoms. The van der Waals surface area contributed by atoms with Gasteiger partial charge in [0.1, 0.15) is 6.54 Å². The number of nitrogens with zero attached hydrogens (tertiary/aromatic N) is 1. The number of rotatable bonds is 5. The summed E-state index contributed by atoms with van der Waals surface area (Å²) < 4.78 is 0. The van der Waals surface area contributed by atoms with Crippen molar-refractivity contribution in [3.05, 3.63) is 11.6 Å². The third-order valence-corrected chi connectivity index (χ3v) is 8.74. The van der Waals surface area contributed by atoms with E-state index in [4.69, 9.17) is 9.94 Å². The molecule has 4 rings (SSSR count). The predicted molar refractivity (Wildman–Crippen MR) is 112 cm³/mol. The zero-order chi connectivity index (χ0) is 21.5. The molecule has 3 fully saturated rings. The molecule has 1 amide bonds. The fraction of sp³-hybridized carbons (Fsp3) is 0.783. The molecule has 7 heteroatoms. The minimum Gasteiger partial charge on any atom is -0.480 e. The van der Waals surface area contributed by atoms with E-state index < -0.39 is 18.4 Å². The van der Waals surface area contributed by atoms with Gasteiger partial charge in [0.25, 0.3) is 5.91 Å². The fourth-order valence-electron chi connectivity index (χ4n) is 7.01. The Kier molecular flexibility index (Phi) is 5.68. The first kappa shape index (κ1) is 21.3. The molecule has 6 atom stereocenters. The smallest absolute Gasteiger partial charge is 0.322 e. The van der Waals surface area contributed by atoms with Gasteiger partial charge >= 0.3 is 5.97 Å². The largest absolute Gasteiger partial charge is 0.480 e. The summed E-state index contributed by atoms with van der Waals surface area (Å²) in [7, 11) is 0. The van der Waals surface area contributed by atoms with E-state index in [2.05, 4.69) is 30.4 Å². The fourth-order valence-corrected chi connectivity index (χ4v) is 7.01. The van der Waals surface area contributed by atoms with Crippen molar-refractivity contribution in [2.75, 3.05) is 13.2 Å². The summed E-state index contributed by atoms with van der Waals surface area (Å²) >= 11 is 0. The number of hydrogen-bond donors (Lipinski definition) is 3. The van der Waals surface area contributed by atoms with Gasteiger partial charge < -0.3 is 20.4 Å². The van der Waals surface area contributed by atoms with Crippen LogP contribution in [0, 0.1) is 28.6 Å². The molecule has 4 aliphatic rings. The molecule has 0 bridgehead atoms. The lowest BCUT2D eigenvalue weighted by Crippen LogP contribution is -2.51. The zero-order valence-electron chi connectivity index (χ0n) is 18.0. The summed E-state index contributed by atoms with van der Waals surface area (Å²) in [6.45, 7) is 4.04. The number of amides is 1. The molecule has 0 aromatic heterocycles. The van der Waals surface area contributed by atoms with Crippen LogP contribution in [0.15, 0.2) is 16.8 Å². The van der Waals surface area contributed by atoms with Gasteiger partial charge in [-0.1, -0.05) is 24.6 Å². The van der Waals surface area contributed by atoms with E-state index in [0.717, 1.165) is 37.8 Å². The third kappa shape index (κ3) is 3.66. The van der Waals surface area contributed by atoms with Crippen LogP contribution >= 0.6 is 0 Å². The van der Waals surface area contributed by atoms with Crippen molar-refractivity contribution in [3.63, 3.8) is 0 Å². The Labute approximate surface area is 177 Å². The number of carboxylic acids is 1. The first-order valence-electron chi connectivity index (χ1n) is 11.3. The summed E-state index contributed by atoms with van der Waals surface area (Å²) in [6, 6.07) is 0. The van der Waals surface area contributed by atoms with Crippen LogP contribution in [0.25, 0.3) is 0 Å². The highest BCUT2D eigenvalue weighted by molar-refractivity contribution is 5.96. The number of carbonyl (C=O) groups excluding carboxylic acids is 1. The molecule has 0 radical (unpaired) electrons. The van der Waals surface area contributed by atoms with Crippen LogP contribution in [0.4, 0.5) is 0 Å². The van der Waals surface area contributed by atoms with E-state index in [1.165, 1.54) is 24.8 Å². The number of aliphatic hydroxyl groups is 1. The summed E-state index contributed by atoms with van der Waals surface area (Å²) in [5.41, 5.74) is 2.61. The first-order chi connectivity index (χ1) is 14.2. The zero-order valence-corrected chi connectivity index (χ0v) is 18.0. The standard InChI is InChI=1S/C23H34N2O5/c1-22-9-7-15(25-30-13-20(27)24-12-21(28)29)11-14(22)3-4-16-17-5-6-19(26)23(17,2)10-8-18(16)22/h11,16-19,26H,3-10,12-13H2,1-2H3,(H,24,27)(H,28,29)/t16-,17-,18-,19+,22-,23-/m0/s1. The molecule has 0 heterocycles. The number of hydrogen-bond acceptors (Lipinski definition) is 5. The molecule has 3 N–H and O–H groups in total. The average Bonchev–Trinajstić information content (AvgIpc) is 3.01. The summed E-state index contributed by atoms with van der Waals surface area (Å²) in [5.74, 6) is 0.449. The molecule has 166 valence electrons. The van der Waals surface area contributed by atoms with Gasteiger partial charge in [0.2, 0.25) is 0 Å². The lowest BCUT2D eigenvalue weighted by molar-refractivity contribution is -0.138. The van der Waals surface area contributed by atoms with Crippen LogP contribution in [-0.4, -0.2) is 47.1 Å². The molecule has 3 saturated carbocycles. The van der Waals surface area contributed by atoms with Crippen molar-refractivity contribution in [2.45, 2.75) is 71.3 Å². The monoisotopic (exact) mass is 418 g/mol. The molecule has 0 aliphatic heterocycles. The lowest BCUT2D eigenvalue weighted by Gasteiger charge is -2.57.